The molecule has 12 heteroatoms. The summed E-state index contributed by atoms with van der Waals surface area (Å²) in [6.07, 6.45) is -1.77. The van der Waals surface area contributed by atoms with Crippen molar-refractivity contribution in [3.63, 3.8) is 0 Å². The van der Waals surface area contributed by atoms with Crippen LogP contribution in [-0.4, -0.2) is 36.7 Å². The number of hydrogen-bond donors (Lipinski definition) is 1. The molecule has 0 saturated carbocycles. The van der Waals surface area contributed by atoms with E-state index < -0.39 is 40.3 Å². The van der Waals surface area contributed by atoms with E-state index in [1.54, 1.807) is 13.0 Å². The quantitative estimate of drug-likeness (QED) is 0.234. The summed E-state index contributed by atoms with van der Waals surface area (Å²) in [4.78, 5) is 11.9. The number of hydrogen-bond acceptors (Lipinski definition) is 4. The zero-order chi connectivity index (χ0) is 18.9. The van der Waals surface area contributed by atoms with Crippen LogP contribution in [0.1, 0.15) is 22.3 Å². The molecule has 5 nitrogen and oxygen atoms in total. The molecular weight excluding hydrogens is 586 g/mol. The minimum Gasteiger partial charge on any atom is -0.462 e. The summed E-state index contributed by atoms with van der Waals surface area (Å²) in [7, 11) is -6.31. The summed E-state index contributed by atoms with van der Waals surface area (Å²) < 4.78 is 87.2. The molecular formula is C12H10F4I2O5S. The average molecular weight is 596 g/mol. The van der Waals surface area contributed by atoms with Gasteiger partial charge < -0.3 is 4.74 Å². The van der Waals surface area contributed by atoms with Crippen molar-refractivity contribution < 1.29 is 40.1 Å². The molecule has 0 amide bonds. The van der Waals surface area contributed by atoms with Crippen LogP contribution in [0.4, 0.5) is 17.6 Å². The average Bonchev–Trinajstić information content (AvgIpc) is 2.40. The van der Waals surface area contributed by atoms with Crippen molar-refractivity contribution >= 4 is 61.3 Å². The highest BCUT2D eigenvalue weighted by Gasteiger charge is 2.65. The monoisotopic (exact) mass is 596 g/mol. The number of aryl methyl sites for hydroxylation is 1. The molecule has 0 unspecified atom stereocenters. The molecule has 0 fully saturated rings. The third kappa shape index (κ3) is 4.69. The predicted octanol–water partition coefficient (Wildman–Crippen LogP) is 3.87. The van der Waals surface area contributed by atoms with Crippen LogP contribution < -0.4 is 0 Å². The summed E-state index contributed by atoms with van der Waals surface area (Å²) in [5, 5.41) is -5.68. The topological polar surface area (TPSA) is 80.7 Å². The number of carbonyl (C=O) groups is 1. The van der Waals surface area contributed by atoms with E-state index in [0.29, 0.717) is 7.14 Å². The summed E-state index contributed by atoms with van der Waals surface area (Å²) in [5.74, 6) is -6.11. The lowest BCUT2D eigenvalue weighted by Gasteiger charge is -2.23. The van der Waals surface area contributed by atoms with Crippen LogP contribution in [0.5, 0.6) is 0 Å². The molecule has 0 bridgehead atoms. The molecule has 1 rings (SSSR count). The first-order valence-corrected chi connectivity index (χ1v) is 9.66. The number of ether oxygens (including phenoxy) is 1. The Morgan fingerprint density at radius 3 is 2.29 bits per heavy atom. The lowest BCUT2D eigenvalue weighted by atomic mass is 10.1. The Bertz CT molecular complexity index is 752. The van der Waals surface area contributed by atoms with Crippen molar-refractivity contribution in [2.24, 2.45) is 0 Å². The van der Waals surface area contributed by atoms with Crippen LogP contribution in [0.2, 0.25) is 0 Å². The highest BCUT2D eigenvalue weighted by Crippen LogP contribution is 2.40. The van der Waals surface area contributed by atoms with E-state index in [1.807, 2.05) is 45.2 Å². The number of rotatable bonds is 6. The molecule has 0 saturated heterocycles. The molecule has 0 spiro atoms. The first-order chi connectivity index (χ1) is 10.7. The van der Waals surface area contributed by atoms with Gasteiger partial charge >= 0.3 is 27.3 Å². The van der Waals surface area contributed by atoms with Gasteiger partial charge in [-0.25, -0.2) is 4.79 Å². The third-order valence-electron chi connectivity index (χ3n) is 2.84. The minimum atomic E-state index is -6.31. The fourth-order valence-electron chi connectivity index (χ4n) is 1.56. The maximum Gasteiger partial charge on any atom is 0.431 e. The fourth-order valence-corrected chi connectivity index (χ4v) is 3.35. The van der Waals surface area contributed by atoms with Gasteiger partial charge in [-0.2, -0.15) is 26.0 Å². The Morgan fingerprint density at radius 1 is 1.25 bits per heavy atom. The summed E-state index contributed by atoms with van der Waals surface area (Å²) >= 11 is 3.77. The van der Waals surface area contributed by atoms with Gasteiger partial charge in [-0.15, -0.1) is 0 Å². The van der Waals surface area contributed by atoms with Crippen molar-refractivity contribution in [3.05, 3.63) is 30.4 Å². The van der Waals surface area contributed by atoms with E-state index in [2.05, 4.69) is 4.74 Å². The zero-order valence-electron chi connectivity index (χ0n) is 11.8. The summed E-state index contributed by atoms with van der Waals surface area (Å²) in [6, 6.07) is 3.20. The van der Waals surface area contributed by atoms with Gasteiger partial charge in [0.1, 0.15) is 0 Å². The Hall–Kier alpha value is -0.220. The molecule has 1 N–H and O–H groups in total. The number of benzene rings is 1. The van der Waals surface area contributed by atoms with Gasteiger partial charge in [0.25, 0.3) is 0 Å². The Morgan fingerprint density at radius 2 is 1.79 bits per heavy atom. The van der Waals surface area contributed by atoms with Gasteiger partial charge in [0.15, 0.2) is 0 Å². The SMILES string of the molecule is Cc1cc(I)cc(C(=O)OCCC(F)(F)C(F)(F)S(=O)(=O)O)c1I. The van der Waals surface area contributed by atoms with E-state index in [1.165, 1.54) is 6.07 Å². The van der Waals surface area contributed by atoms with E-state index in [4.69, 9.17) is 4.55 Å². The second-order valence-corrected chi connectivity index (χ2v) is 8.45. The molecule has 0 aliphatic heterocycles. The standard InChI is InChI=1S/C12H10F4I2O5S/c1-6-4-7(17)5-8(9(6)18)10(19)23-3-2-11(13,14)12(15,16)24(20,21)22/h4-5H,2-3H2,1H3,(H,20,21,22). The van der Waals surface area contributed by atoms with Crippen LogP contribution in [0, 0.1) is 14.1 Å². The number of alkyl halides is 4. The maximum absolute atomic E-state index is 13.3. The lowest BCUT2D eigenvalue weighted by Crippen LogP contribution is -2.47. The van der Waals surface area contributed by atoms with Gasteiger partial charge in [0.05, 0.1) is 18.6 Å². The van der Waals surface area contributed by atoms with Crippen LogP contribution in [0.25, 0.3) is 0 Å². The molecule has 0 atom stereocenters. The van der Waals surface area contributed by atoms with Crippen molar-refractivity contribution in [1.82, 2.24) is 0 Å². The van der Waals surface area contributed by atoms with Crippen molar-refractivity contribution in [2.75, 3.05) is 6.61 Å². The molecule has 0 heterocycles. The Balaban J connectivity index is 2.83. The lowest BCUT2D eigenvalue weighted by molar-refractivity contribution is -0.168. The maximum atomic E-state index is 13.3. The molecule has 0 aromatic heterocycles. The first-order valence-electron chi connectivity index (χ1n) is 6.06. The van der Waals surface area contributed by atoms with Crippen LogP contribution in [-0.2, 0) is 14.9 Å². The zero-order valence-corrected chi connectivity index (χ0v) is 17.0. The van der Waals surface area contributed by atoms with E-state index in [-0.39, 0.29) is 5.56 Å². The largest absolute Gasteiger partial charge is 0.462 e. The van der Waals surface area contributed by atoms with Gasteiger partial charge in [0, 0.05) is 7.14 Å². The number of halogens is 6. The second kappa shape index (κ2) is 7.57. The normalized spacial score (nSPS) is 13.0. The van der Waals surface area contributed by atoms with Crippen LogP contribution in [0.3, 0.4) is 0 Å². The van der Waals surface area contributed by atoms with Gasteiger partial charge in [-0.05, 0) is 69.8 Å². The molecule has 0 aliphatic rings. The number of esters is 1. The molecule has 136 valence electrons. The van der Waals surface area contributed by atoms with Gasteiger partial charge in [0.2, 0.25) is 0 Å². The molecule has 0 radical (unpaired) electrons. The van der Waals surface area contributed by atoms with Crippen LogP contribution in [0.15, 0.2) is 12.1 Å². The Labute approximate surface area is 162 Å². The van der Waals surface area contributed by atoms with E-state index in [9.17, 15) is 30.8 Å². The Kier molecular flexibility index (Phi) is 6.88. The predicted molar refractivity (Wildman–Crippen MR) is 93.0 cm³/mol. The van der Waals surface area contributed by atoms with Crippen LogP contribution >= 0.6 is 45.2 Å². The highest BCUT2D eigenvalue weighted by atomic mass is 127. The molecule has 0 aliphatic carbocycles. The smallest absolute Gasteiger partial charge is 0.431 e. The van der Waals surface area contributed by atoms with Gasteiger partial charge in [-0.3, -0.25) is 4.55 Å². The first kappa shape index (κ1) is 21.8. The third-order valence-corrected chi connectivity index (χ3v) is 5.84. The molecule has 1 aromatic carbocycles. The fraction of sp³-hybridized carbons (Fsp3) is 0.417. The second-order valence-electron chi connectivity index (χ2n) is 4.67. The van der Waals surface area contributed by atoms with E-state index >= 15 is 0 Å². The van der Waals surface area contributed by atoms with Gasteiger partial charge in [-0.1, -0.05) is 0 Å². The van der Waals surface area contributed by atoms with Crippen molar-refractivity contribution in [3.8, 4) is 0 Å². The van der Waals surface area contributed by atoms with Crippen molar-refractivity contribution in [1.29, 1.82) is 0 Å². The number of carbonyl (C=O) groups excluding carboxylic acids is 1. The summed E-state index contributed by atoms with van der Waals surface area (Å²) in [6.45, 7) is 0.555. The minimum absolute atomic E-state index is 0.0739. The molecule has 1 aromatic rings. The highest BCUT2D eigenvalue weighted by molar-refractivity contribution is 14.1. The van der Waals surface area contributed by atoms with E-state index in [0.717, 1.165) is 5.56 Å². The van der Waals surface area contributed by atoms with Crippen molar-refractivity contribution in [2.45, 2.75) is 24.5 Å². The summed E-state index contributed by atoms with van der Waals surface area (Å²) in [5.41, 5.74) is 0.808. The molecule has 24 heavy (non-hydrogen) atoms.